The predicted octanol–water partition coefficient (Wildman–Crippen LogP) is 5.52. The SMILES string of the molecule is Cl.O=C(c1cccc2ccccc12)N(CCCN1CCOCC1)c1nc2c(F)cc(F)cc2s1. The summed E-state index contributed by atoms with van der Waals surface area (Å²) in [6.07, 6.45) is 0.725. The molecular weight excluding hydrogens is 480 g/mol. The number of fused-ring (bicyclic) bond motifs is 2. The summed E-state index contributed by atoms with van der Waals surface area (Å²) in [5.41, 5.74) is 0.644. The van der Waals surface area contributed by atoms with Crippen molar-refractivity contribution < 1.29 is 18.3 Å². The van der Waals surface area contributed by atoms with Crippen LogP contribution in [0.1, 0.15) is 16.8 Å². The third-order valence-electron chi connectivity index (χ3n) is 5.86. The van der Waals surface area contributed by atoms with Gasteiger partial charge in [-0.3, -0.25) is 14.6 Å². The van der Waals surface area contributed by atoms with Crippen molar-refractivity contribution in [1.82, 2.24) is 9.88 Å². The zero-order valence-corrected chi connectivity index (χ0v) is 20.0. The molecule has 3 aromatic carbocycles. The van der Waals surface area contributed by atoms with E-state index in [0.717, 1.165) is 54.2 Å². The molecule has 178 valence electrons. The molecule has 34 heavy (non-hydrogen) atoms. The van der Waals surface area contributed by atoms with Gasteiger partial charge in [-0.05, 0) is 29.3 Å². The fraction of sp³-hybridized carbons (Fsp3) is 0.280. The van der Waals surface area contributed by atoms with Crippen LogP contribution < -0.4 is 4.90 Å². The predicted molar refractivity (Wildman–Crippen MR) is 134 cm³/mol. The minimum atomic E-state index is -0.724. The van der Waals surface area contributed by atoms with Crippen molar-refractivity contribution in [2.45, 2.75) is 6.42 Å². The molecule has 0 N–H and O–H groups in total. The number of hydrogen-bond acceptors (Lipinski definition) is 5. The molecule has 1 fully saturated rings. The number of nitrogens with zero attached hydrogens (tertiary/aromatic N) is 3. The van der Waals surface area contributed by atoms with E-state index in [1.165, 1.54) is 6.07 Å². The molecule has 5 rings (SSSR count). The molecule has 1 aliphatic heterocycles. The zero-order valence-electron chi connectivity index (χ0n) is 18.4. The van der Waals surface area contributed by atoms with Crippen LogP contribution in [-0.2, 0) is 4.74 Å². The molecule has 9 heteroatoms. The van der Waals surface area contributed by atoms with E-state index in [-0.39, 0.29) is 23.8 Å². The number of carbonyl (C=O) groups excluding carboxylic acids is 1. The van der Waals surface area contributed by atoms with Crippen molar-refractivity contribution in [2.75, 3.05) is 44.3 Å². The summed E-state index contributed by atoms with van der Waals surface area (Å²) in [5.74, 6) is -1.58. The number of benzene rings is 3. The molecule has 0 aliphatic carbocycles. The Morgan fingerprint density at radius 1 is 1.09 bits per heavy atom. The van der Waals surface area contributed by atoms with Crippen LogP contribution in [0.5, 0.6) is 0 Å². The highest BCUT2D eigenvalue weighted by atomic mass is 35.5. The van der Waals surface area contributed by atoms with Crippen LogP contribution in [0.25, 0.3) is 21.0 Å². The molecule has 0 radical (unpaired) electrons. The van der Waals surface area contributed by atoms with Crippen LogP contribution in [0.2, 0.25) is 0 Å². The molecular formula is C25H24ClF2N3O2S. The number of anilines is 1. The molecule has 0 saturated carbocycles. The third kappa shape index (κ3) is 5.05. The van der Waals surface area contributed by atoms with E-state index < -0.39 is 11.6 Å². The van der Waals surface area contributed by atoms with Gasteiger partial charge in [0, 0.05) is 37.8 Å². The molecule has 4 aromatic rings. The average molecular weight is 504 g/mol. The van der Waals surface area contributed by atoms with Crippen LogP contribution in [0.4, 0.5) is 13.9 Å². The lowest BCUT2D eigenvalue weighted by Gasteiger charge is -2.28. The first-order valence-corrected chi connectivity index (χ1v) is 11.8. The number of rotatable bonds is 6. The molecule has 5 nitrogen and oxygen atoms in total. The van der Waals surface area contributed by atoms with Crippen LogP contribution in [0.3, 0.4) is 0 Å². The maximum atomic E-state index is 14.3. The Labute approximate surface area is 206 Å². The topological polar surface area (TPSA) is 45.7 Å². The van der Waals surface area contributed by atoms with Gasteiger partial charge in [-0.25, -0.2) is 13.8 Å². The van der Waals surface area contributed by atoms with E-state index in [1.807, 2.05) is 36.4 Å². The second-order valence-electron chi connectivity index (χ2n) is 8.02. The second-order valence-corrected chi connectivity index (χ2v) is 9.03. The Bertz CT molecular complexity index is 1300. The molecule has 1 saturated heterocycles. The van der Waals surface area contributed by atoms with Crippen LogP contribution in [0, 0.1) is 11.6 Å². The van der Waals surface area contributed by atoms with E-state index >= 15 is 0 Å². The number of thiazole rings is 1. The minimum absolute atomic E-state index is 0. The normalized spacial score (nSPS) is 14.3. The van der Waals surface area contributed by atoms with Gasteiger partial charge in [0.2, 0.25) is 0 Å². The van der Waals surface area contributed by atoms with Gasteiger partial charge in [0.15, 0.2) is 10.9 Å². The fourth-order valence-electron chi connectivity index (χ4n) is 4.18. The summed E-state index contributed by atoms with van der Waals surface area (Å²) in [7, 11) is 0. The quantitative estimate of drug-likeness (QED) is 0.347. The first-order valence-electron chi connectivity index (χ1n) is 11.0. The van der Waals surface area contributed by atoms with Crippen molar-refractivity contribution in [3.8, 4) is 0 Å². The van der Waals surface area contributed by atoms with Crippen LogP contribution in [-0.4, -0.2) is 55.2 Å². The summed E-state index contributed by atoms with van der Waals surface area (Å²) in [4.78, 5) is 22.1. The summed E-state index contributed by atoms with van der Waals surface area (Å²) in [5, 5.41) is 2.19. The molecule has 0 atom stereocenters. The van der Waals surface area contributed by atoms with Gasteiger partial charge in [-0.2, -0.15) is 0 Å². The van der Waals surface area contributed by atoms with Crippen molar-refractivity contribution in [3.05, 3.63) is 71.8 Å². The van der Waals surface area contributed by atoms with Gasteiger partial charge in [0.05, 0.1) is 17.9 Å². The molecule has 1 aromatic heterocycles. The number of ether oxygens (including phenoxy) is 1. The summed E-state index contributed by atoms with van der Waals surface area (Å²) in [6, 6.07) is 15.4. The van der Waals surface area contributed by atoms with Crippen LogP contribution in [0.15, 0.2) is 54.6 Å². The lowest BCUT2D eigenvalue weighted by molar-refractivity contribution is 0.0376. The monoisotopic (exact) mass is 503 g/mol. The van der Waals surface area contributed by atoms with E-state index in [0.29, 0.717) is 35.2 Å². The van der Waals surface area contributed by atoms with Gasteiger partial charge < -0.3 is 4.74 Å². The fourth-order valence-corrected chi connectivity index (χ4v) is 5.21. The largest absolute Gasteiger partial charge is 0.379 e. The van der Waals surface area contributed by atoms with Crippen molar-refractivity contribution in [1.29, 1.82) is 0 Å². The minimum Gasteiger partial charge on any atom is -0.379 e. The van der Waals surface area contributed by atoms with E-state index in [2.05, 4.69) is 9.88 Å². The molecule has 0 spiro atoms. The maximum absolute atomic E-state index is 14.3. The Morgan fingerprint density at radius 3 is 2.68 bits per heavy atom. The van der Waals surface area contributed by atoms with Gasteiger partial charge in [0.25, 0.3) is 5.91 Å². The number of amides is 1. The lowest BCUT2D eigenvalue weighted by Crippen LogP contribution is -2.39. The Balaban J connectivity index is 0.00000274. The first kappa shape index (κ1) is 24.5. The smallest absolute Gasteiger partial charge is 0.260 e. The van der Waals surface area contributed by atoms with Gasteiger partial charge in [-0.15, -0.1) is 12.4 Å². The zero-order chi connectivity index (χ0) is 22.8. The average Bonchev–Trinajstić information content (AvgIpc) is 3.26. The highest BCUT2D eigenvalue weighted by Crippen LogP contribution is 2.33. The van der Waals surface area contributed by atoms with E-state index in [4.69, 9.17) is 4.74 Å². The number of halogens is 3. The maximum Gasteiger partial charge on any atom is 0.260 e. The first-order chi connectivity index (χ1) is 16.1. The summed E-state index contributed by atoms with van der Waals surface area (Å²) in [6.45, 7) is 4.38. The van der Waals surface area contributed by atoms with Gasteiger partial charge >= 0.3 is 0 Å². The van der Waals surface area contributed by atoms with Crippen molar-refractivity contribution in [3.63, 3.8) is 0 Å². The standard InChI is InChI=1S/C25H23F2N3O2S.ClH/c26-18-15-21(27)23-22(16-18)33-25(28-23)30(10-4-9-29-11-13-32-14-12-29)24(31)20-8-3-6-17-5-1-2-7-19(17)20;/h1-3,5-8,15-16H,4,9-14H2;1H. The molecule has 0 bridgehead atoms. The third-order valence-corrected chi connectivity index (χ3v) is 6.88. The van der Waals surface area contributed by atoms with Crippen LogP contribution >= 0.6 is 23.7 Å². The van der Waals surface area contributed by atoms with E-state index in [9.17, 15) is 13.6 Å². The Morgan fingerprint density at radius 2 is 1.85 bits per heavy atom. The van der Waals surface area contributed by atoms with Crippen molar-refractivity contribution >= 4 is 55.8 Å². The number of aromatic nitrogens is 1. The van der Waals surface area contributed by atoms with Gasteiger partial charge in [0.1, 0.15) is 11.3 Å². The number of morpholine rings is 1. The number of carbonyl (C=O) groups is 1. The molecule has 1 amide bonds. The lowest BCUT2D eigenvalue weighted by atomic mass is 10.0. The molecule has 0 unspecified atom stereocenters. The van der Waals surface area contributed by atoms with E-state index in [1.54, 1.807) is 11.0 Å². The Hall–Kier alpha value is -2.65. The highest BCUT2D eigenvalue weighted by molar-refractivity contribution is 7.22. The number of hydrogen-bond donors (Lipinski definition) is 0. The second kappa shape index (κ2) is 10.7. The summed E-state index contributed by atoms with van der Waals surface area (Å²) >= 11 is 1.13. The summed E-state index contributed by atoms with van der Waals surface area (Å²) < 4.78 is 33.9. The molecule has 2 heterocycles. The van der Waals surface area contributed by atoms with Gasteiger partial charge in [-0.1, -0.05) is 47.7 Å². The van der Waals surface area contributed by atoms with Crippen molar-refractivity contribution in [2.24, 2.45) is 0 Å². The highest BCUT2D eigenvalue weighted by Gasteiger charge is 2.24. The Kier molecular flexibility index (Phi) is 7.73. The molecule has 1 aliphatic rings.